The van der Waals surface area contributed by atoms with E-state index in [4.69, 9.17) is 0 Å². The van der Waals surface area contributed by atoms with Gasteiger partial charge in [-0.15, -0.1) is 0 Å². The molecule has 1 saturated heterocycles. The zero-order chi connectivity index (χ0) is 10.4. The van der Waals surface area contributed by atoms with Crippen molar-refractivity contribution in [2.24, 2.45) is 0 Å². The van der Waals surface area contributed by atoms with Gasteiger partial charge in [-0.25, -0.2) is 0 Å². The fraction of sp³-hybridized carbons (Fsp3) is 0.900. The largest absolute Gasteiger partial charge is 0.340 e. The molecule has 0 aromatic rings. The van der Waals surface area contributed by atoms with E-state index in [-0.39, 0.29) is 0 Å². The third-order valence-electron chi connectivity index (χ3n) is 2.62. The molecule has 82 valence electrons. The van der Waals surface area contributed by atoms with Gasteiger partial charge in [0.2, 0.25) is 5.91 Å². The Balaban J connectivity index is 2.17. The molecular formula is C10H21N3O. The monoisotopic (exact) mass is 199 g/mol. The highest BCUT2D eigenvalue weighted by Gasteiger charge is 2.17. The first-order valence-electron chi connectivity index (χ1n) is 5.41. The van der Waals surface area contributed by atoms with Crippen molar-refractivity contribution in [3.63, 3.8) is 0 Å². The minimum Gasteiger partial charge on any atom is -0.340 e. The van der Waals surface area contributed by atoms with Crippen LogP contribution in [0.3, 0.4) is 0 Å². The summed E-state index contributed by atoms with van der Waals surface area (Å²) >= 11 is 0. The number of carbonyl (C=O) groups excluding carboxylic acids is 1. The van der Waals surface area contributed by atoms with Crippen LogP contribution >= 0.6 is 0 Å². The highest BCUT2D eigenvalue weighted by molar-refractivity contribution is 5.76. The molecule has 1 rings (SSSR count). The zero-order valence-electron chi connectivity index (χ0n) is 9.25. The van der Waals surface area contributed by atoms with E-state index in [0.717, 1.165) is 39.3 Å². The lowest BCUT2D eigenvalue weighted by atomic mass is 10.3. The van der Waals surface area contributed by atoms with Crippen LogP contribution in [0.1, 0.15) is 13.3 Å². The van der Waals surface area contributed by atoms with Gasteiger partial charge in [-0.05, 0) is 13.6 Å². The van der Waals surface area contributed by atoms with Gasteiger partial charge in [-0.3, -0.25) is 4.79 Å². The van der Waals surface area contributed by atoms with Crippen LogP contribution in [0.2, 0.25) is 0 Å². The van der Waals surface area contributed by atoms with Gasteiger partial charge in [0, 0.05) is 39.1 Å². The van der Waals surface area contributed by atoms with Crippen LogP contribution in [-0.4, -0.2) is 62.0 Å². The average Bonchev–Trinajstić information content (AvgIpc) is 2.19. The maximum atomic E-state index is 11.6. The lowest BCUT2D eigenvalue weighted by molar-refractivity contribution is -0.132. The Morgan fingerprint density at radius 3 is 2.50 bits per heavy atom. The Morgan fingerprint density at radius 1 is 1.29 bits per heavy atom. The van der Waals surface area contributed by atoms with Gasteiger partial charge >= 0.3 is 0 Å². The van der Waals surface area contributed by atoms with Crippen molar-refractivity contribution in [1.29, 1.82) is 0 Å². The first-order chi connectivity index (χ1) is 6.74. The van der Waals surface area contributed by atoms with Gasteiger partial charge in [0.15, 0.2) is 0 Å². The highest BCUT2D eigenvalue weighted by Crippen LogP contribution is 2.01. The van der Waals surface area contributed by atoms with Crippen LogP contribution in [0, 0.1) is 0 Å². The van der Waals surface area contributed by atoms with E-state index in [1.807, 2.05) is 4.90 Å². The molecule has 0 aromatic heterocycles. The van der Waals surface area contributed by atoms with Gasteiger partial charge in [-0.1, -0.05) is 6.92 Å². The quantitative estimate of drug-likeness (QED) is 0.635. The number of hydrogen-bond donors (Lipinski definition) is 1. The van der Waals surface area contributed by atoms with Crippen molar-refractivity contribution in [2.45, 2.75) is 13.3 Å². The Labute approximate surface area is 86.2 Å². The Kier molecular flexibility index (Phi) is 4.90. The Morgan fingerprint density at radius 2 is 1.93 bits per heavy atom. The second kappa shape index (κ2) is 5.98. The highest BCUT2D eigenvalue weighted by atomic mass is 16.2. The molecule has 0 saturated carbocycles. The van der Waals surface area contributed by atoms with Crippen molar-refractivity contribution >= 4 is 5.91 Å². The Hall–Kier alpha value is -0.610. The van der Waals surface area contributed by atoms with Gasteiger partial charge in [-0.2, -0.15) is 0 Å². The Bertz CT molecular complexity index is 176. The SMILES string of the molecule is CCNCCC(=O)N1CCN(C)CC1. The second-order valence-corrected chi connectivity index (χ2v) is 3.79. The molecule has 0 atom stereocenters. The molecule has 0 aliphatic carbocycles. The first-order valence-corrected chi connectivity index (χ1v) is 5.41. The molecule has 0 radical (unpaired) electrons. The van der Waals surface area contributed by atoms with Gasteiger partial charge in [0.25, 0.3) is 0 Å². The average molecular weight is 199 g/mol. The minimum absolute atomic E-state index is 0.291. The maximum Gasteiger partial charge on any atom is 0.223 e. The van der Waals surface area contributed by atoms with E-state index in [1.165, 1.54) is 0 Å². The van der Waals surface area contributed by atoms with Crippen molar-refractivity contribution in [2.75, 3.05) is 46.3 Å². The fourth-order valence-electron chi connectivity index (χ4n) is 1.59. The van der Waals surface area contributed by atoms with Gasteiger partial charge in [0.1, 0.15) is 0 Å². The number of amides is 1. The molecule has 0 bridgehead atoms. The number of likely N-dealkylation sites (N-methyl/N-ethyl adjacent to an activating group) is 1. The van der Waals surface area contributed by atoms with E-state index < -0.39 is 0 Å². The molecule has 0 unspecified atom stereocenters. The van der Waals surface area contributed by atoms with E-state index in [2.05, 4.69) is 24.2 Å². The zero-order valence-corrected chi connectivity index (χ0v) is 9.25. The molecule has 4 nitrogen and oxygen atoms in total. The summed E-state index contributed by atoms with van der Waals surface area (Å²) < 4.78 is 0. The second-order valence-electron chi connectivity index (χ2n) is 3.79. The lowest BCUT2D eigenvalue weighted by Gasteiger charge is -2.32. The molecule has 1 aliphatic heterocycles. The fourth-order valence-corrected chi connectivity index (χ4v) is 1.59. The van der Waals surface area contributed by atoms with Crippen LogP contribution in [0.25, 0.3) is 0 Å². The van der Waals surface area contributed by atoms with E-state index in [9.17, 15) is 4.79 Å². The molecular weight excluding hydrogens is 178 g/mol. The summed E-state index contributed by atoms with van der Waals surface area (Å²) in [6.45, 7) is 7.60. The summed E-state index contributed by atoms with van der Waals surface area (Å²) in [5.41, 5.74) is 0. The molecule has 1 aliphatic rings. The molecule has 1 N–H and O–H groups in total. The van der Waals surface area contributed by atoms with Gasteiger partial charge in [0.05, 0.1) is 0 Å². The predicted molar refractivity (Wildman–Crippen MR) is 57.2 cm³/mol. The van der Waals surface area contributed by atoms with Gasteiger partial charge < -0.3 is 15.1 Å². The van der Waals surface area contributed by atoms with Crippen molar-refractivity contribution in [3.8, 4) is 0 Å². The minimum atomic E-state index is 0.291. The molecule has 1 amide bonds. The third kappa shape index (κ3) is 3.64. The van der Waals surface area contributed by atoms with Crippen molar-refractivity contribution in [3.05, 3.63) is 0 Å². The standard InChI is InChI=1S/C10H21N3O/c1-3-11-5-4-10(14)13-8-6-12(2)7-9-13/h11H,3-9H2,1-2H3. The number of piperazine rings is 1. The summed E-state index contributed by atoms with van der Waals surface area (Å²) in [7, 11) is 2.10. The normalized spacial score (nSPS) is 18.6. The van der Waals surface area contributed by atoms with E-state index in [0.29, 0.717) is 12.3 Å². The number of nitrogens with one attached hydrogen (secondary N) is 1. The molecule has 14 heavy (non-hydrogen) atoms. The summed E-state index contributed by atoms with van der Waals surface area (Å²) in [5.74, 6) is 0.291. The smallest absolute Gasteiger partial charge is 0.223 e. The van der Waals surface area contributed by atoms with E-state index in [1.54, 1.807) is 0 Å². The number of hydrogen-bond acceptors (Lipinski definition) is 3. The molecule has 4 heteroatoms. The molecule has 1 fully saturated rings. The summed E-state index contributed by atoms with van der Waals surface area (Å²) in [6.07, 6.45) is 0.636. The number of rotatable bonds is 4. The third-order valence-corrected chi connectivity index (χ3v) is 2.62. The van der Waals surface area contributed by atoms with Crippen molar-refractivity contribution < 1.29 is 4.79 Å². The number of carbonyl (C=O) groups is 1. The first kappa shape index (κ1) is 11.5. The summed E-state index contributed by atoms with van der Waals surface area (Å²) in [4.78, 5) is 15.9. The van der Waals surface area contributed by atoms with Crippen LogP contribution in [0.4, 0.5) is 0 Å². The van der Waals surface area contributed by atoms with Crippen LogP contribution in [0.5, 0.6) is 0 Å². The topological polar surface area (TPSA) is 35.6 Å². The summed E-state index contributed by atoms with van der Waals surface area (Å²) in [5, 5.41) is 3.17. The molecule has 1 heterocycles. The summed E-state index contributed by atoms with van der Waals surface area (Å²) in [6, 6.07) is 0. The predicted octanol–water partition coefficient (Wildman–Crippen LogP) is -0.240. The van der Waals surface area contributed by atoms with Crippen LogP contribution in [-0.2, 0) is 4.79 Å². The lowest BCUT2D eigenvalue weighted by Crippen LogP contribution is -2.47. The van der Waals surface area contributed by atoms with Crippen molar-refractivity contribution in [1.82, 2.24) is 15.1 Å². The molecule has 0 aromatic carbocycles. The van der Waals surface area contributed by atoms with E-state index >= 15 is 0 Å². The molecule has 0 spiro atoms. The van der Waals surface area contributed by atoms with Crippen LogP contribution < -0.4 is 5.32 Å². The van der Waals surface area contributed by atoms with Crippen LogP contribution in [0.15, 0.2) is 0 Å². The maximum absolute atomic E-state index is 11.6. The number of nitrogens with zero attached hydrogens (tertiary/aromatic N) is 2.